The number of carbonyl (C=O) groups is 1. The molecule has 0 aliphatic heterocycles. The molecule has 0 radical (unpaired) electrons. The van der Waals surface area contributed by atoms with Gasteiger partial charge < -0.3 is 5.32 Å². The molecule has 1 aromatic heterocycles. The van der Waals surface area contributed by atoms with Crippen LogP contribution in [-0.4, -0.2) is 11.9 Å². The SMILES string of the molecule is CCC(CC)C(C)NC(=O)c1csc(Br)c1. The number of rotatable bonds is 5. The third-order valence-corrected chi connectivity index (χ3v) is 4.45. The summed E-state index contributed by atoms with van der Waals surface area (Å²) in [6.45, 7) is 6.41. The molecule has 1 aromatic rings. The molecule has 0 bridgehead atoms. The minimum atomic E-state index is 0.0290. The first-order valence-electron chi connectivity index (χ1n) is 5.63. The fraction of sp³-hybridized carbons (Fsp3) is 0.583. The van der Waals surface area contributed by atoms with Crippen LogP contribution >= 0.6 is 27.3 Å². The predicted molar refractivity (Wildman–Crippen MR) is 73.0 cm³/mol. The van der Waals surface area contributed by atoms with Crippen LogP contribution in [-0.2, 0) is 0 Å². The number of amides is 1. The van der Waals surface area contributed by atoms with Crippen LogP contribution in [0.3, 0.4) is 0 Å². The lowest BCUT2D eigenvalue weighted by Gasteiger charge is -2.22. The van der Waals surface area contributed by atoms with Crippen molar-refractivity contribution in [2.75, 3.05) is 0 Å². The summed E-state index contributed by atoms with van der Waals surface area (Å²) in [5.74, 6) is 0.590. The normalized spacial score (nSPS) is 12.8. The lowest BCUT2D eigenvalue weighted by atomic mass is 9.95. The Morgan fingerprint density at radius 1 is 1.50 bits per heavy atom. The molecular weight excluding hydrogens is 286 g/mol. The second kappa shape index (κ2) is 6.40. The van der Waals surface area contributed by atoms with Gasteiger partial charge in [0.15, 0.2) is 0 Å². The van der Waals surface area contributed by atoms with E-state index in [1.807, 2.05) is 11.4 Å². The minimum Gasteiger partial charge on any atom is -0.349 e. The molecule has 0 aliphatic rings. The van der Waals surface area contributed by atoms with Crippen molar-refractivity contribution in [3.05, 3.63) is 20.8 Å². The van der Waals surface area contributed by atoms with Gasteiger partial charge in [0.1, 0.15) is 0 Å². The Labute approximate surface area is 110 Å². The van der Waals surface area contributed by atoms with Crippen LogP contribution in [0.5, 0.6) is 0 Å². The van der Waals surface area contributed by atoms with Gasteiger partial charge in [0, 0.05) is 11.4 Å². The van der Waals surface area contributed by atoms with Gasteiger partial charge in [0.05, 0.1) is 9.35 Å². The maximum atomic E-state index is 11.9. The van der Waals surface area contributed by atoms with E-state index in [1.54, 1.807) is 0 Å². The molecule has 0 aliphatic carbocycles. The third kappa shape index (κ3) is 3.59. The van der Waals surface area contributed by atoms with Gasteiger partial charge in [-0.1, -0.05) is 26.7 Å². The smallest absolute Gasteiger partial charge is 0.252 e. The van der Waals surface area contributed by atoms with Gasteiger partial charge >= 0.3 is 0 Å². The summed E-state index contributed by atoms with van der Waals surface area (Å²) in [7, 11) is 0. The van der Waals surface area contributed by atoms with E-state index in [4.69, 9.17) is 0 Å². The number of hydrogen-bond donors (Lipinski definition) is 1. The number of thiophene rings is 1. The second-order valence-electron chi connectivity index (χ2n) is 3.98. The second-order valence-corrected chi connectivity index (χ2v) is 6.27. The van der Waals surface area contributed by atoms with Crippen LogP contribution in [0, 0.1) is 5.92 Å². The summed E-state index contributed by atoms with van der Waals surface area (Å²) >= 11 is 4.90. The molecule has 90 valence electrons. The van der Waals surface area contributed by atoms with Crippen LogP contribution < -0.4 is 5.32 Å². The lowest BCUT2D eigenvalue weighted by Crippen LogP contribution is -2.37. The number of hydrogen-bond acceptors (Lipinski definition) is 2. The highest BCUT2D eigenvalue weighted by molar-refractivity contribution is 9.11. The van der Waals surface area contributed by atoms with Gasteiger partial charge in [0.25, 0.3) is 5.91 Å². The molecule has 1 heterocycles. The van der Waals surface area contributed by atoms with E-state index < -0.39 is 0 Å². The van der Waals surface area contributed by atoms with Crippen molar-refractivity contribution in [2.24, 2.45) is 5.92 Å². The molecule has 0 fully saturated rings. The van der Waals surface area contributed by atoms with E-state index in [-0.39, 0.29) is 11.9 Å². The Balaban J connectivity index is 2.57. The molecular formula is C12H18BrNOS. The fourth-order valence-electron chi connectivity index (χ4n) is 1.83. The molecule has 16 heavy (non-hydrogen) atoms. The summed E-state index contributed by atoms with van der Waals surface area (Å²) in [5.41, 5.74) is 0.745. The van der Waals surface area contributed by atoms with Gasteiger partial charge in [-0.25, -0.2) is 0 Å². The van der Waals surface area contributed by atoms with Crippen LogP contribution in [0.25, 0.3) is 0 Å². The van der Waals surface area contributed by atoms with E-state index in [1.165, 1.54) is 11.3 Å². The highest BCUT2D eigenvalue weighted by Crippen LogP contribution is 2.21. The summed E-state index contributed by atoms with van der Waals surface area (Å²) < 4.78 is 0.993. The first-order chi connectivity index (χ1) is 7.58. The van der Waals surface area contributed by atoms with Crippen molar-refractivity contribution in [3.63, 3.8) is 0 Å². The Bertz CT molecular complexity index is 347. The van der Waals surface area contributed by atoms with Crippen molar-refractivity contribution in [1.82, 2.24) is 5.32 Å². The zero-order valence-corrected chi connectivity index (χ0v) is 12.3. The highest BCUT2D eigenvalue weighted by atomic mass is 79.9. The predicted octanol–water partition coefficient (Wildman–Crippen LogP) is 4.07. The van der Waals surface area contributed by atoms with Crippen molar-refractivity contribution < 1.29 is 4.79 Å². The van der Waals surface area contributed by atoms with E-state index in [2.05, 4.69) is 42.0 Å². The molecule has 1 atom stereocenters. The monoisotopic (exact) mass is 303 g/mol. The zero-order valence-electron chi connectivity index (χ0n) is 9.92. The third-order valence-electron chi connectivity index (χ3n) is 2.94. The Kier molecular flexibility index (Phi) is 5.49. The molecule has 0 aromatic carbocycles. The van der Waals surface area contributed by atoms with Gasteiger partial charge in [-0.3, -0.25) is 4.79 Å². The lowest BCUT2D eigenvalue weighted by molar-refractivity contribution is 0.0925. The summed E-state index contributed by atoms with van der Waals surface area (Å²) in [6, 6.07) is 2.10. The molecule has 1 unspecified atom stereocenters. The molecule has 1 rings (SSSR count). The quantitative estimate of drug-likeness (QED) is 0.873. The summed E-state index contributed by atoms with van der Waals surface area (Å²) in [6.07, 6.45) is 2.20. The van der Waals surface area contributed by atoms with Crippen LogP contribution in [0.4, 0.5) is 0 Å². The topological polar surface area (TPSA) is 29.1 Å². The maximum absolute atomic E-state index is 11.9. The zero-order chi connectivity index (χ0) is 12.1. The van der Waals surface area contributed by atoms with E-state index in [9.17, 15) is 4.79 Å². The van der Waals surface area contributed by atoms with Crippen molar-refractivity contribution in [3.8, 4) is 0 Å². The summed E-state index contributed by atoms with van der Waals surface area (Å²) in [4.78, 5) is 11.9. The van der Waals surface area contributed by atoms with Crippen molar-refractivity contribution >= 4 is 33.2 Å². The summed E-state index contributed by atoms with van der Waals surface area (Å²) in [5, 5.41) is 4.93. The molecule has 0 saturated heterocycles. The van der Waals surface area contributed by atoms with Gasteiger partial charge in [0.2, 0.25) is 0 Å². The average molecular weight is 304 g/mol. The standard InChI is InChI=1S/C12H18BrNOS/c1-4-9(5-2)8(3)14-12(15)10-6-11(13)16-7-10/h6-9H,4-5H2,1-3H3,(H,14,15). The molecule has 0 saturated carbocycles. The molecule has 1 amide bonds. The average Bonchev–Trinajstić information content (AvgIpc) is 2.66. The molecule has 2 nitrogen and oxygen atoms in total. The Morgan fingerprint density at radius 2 is 2.12 bits per heavy atom. The minimum absolute atomic E-state index is 0.0290. The van der Waals surface area contributed by atoms with Gasteiger partial charge in [-0.2, -0.15) is 0 Å². The fourth-order valence-corrected chi connectivity index (χ4v) is 2.97. The van der Waals surface area contributed by atoms with Crippen LogP contribution in [0.15, 0.2) is 15.2 Å². The van der Waals surface area contributed by atoms with Gasteiger partial charge in [-0.15, -0.1) is 11.3 Å². The molecule has 0 spiro atoms. The first kappa shape index (κ1) is 13.7. The Hall–Kier alpha value is -0.350. The van der Waals surface area contributed by atoms with Crippen molar-refractivity contribution in [2.45, 2.75) is 39.7 Å². The highest BCUT2D eigenvalue weighted by Gasteiger charge is 2.17. The van der Waals surface area contributed by atoms with Crippen LogP contribution in [0.2, 0.25) is 0 Å². The van der Waals surface area contributed by atoms with Gasteiger partial charge in [-0.05, 0) is 34.8 Å². The number of nitrogens with one attached hydrogen (secondary N) is 1. The van der Waals surface area contributed by atoms with E-state index in [0.29, 0.717) is 5.92 Å². The first-order valence-corrected chi connectivity index (χ1v) is 7.30. The van der Waals surface area contributed by atoms with Crippen LogP contribution in [0.1, 0.15) is 44.0 Å². The number of halogens is 1. The Morgan fingerprint density at radius 3 is 2.56 bits per heavy atom. The van der Waals surface area contributed by atoms with E-state index in [0.717, 1.165) is 22.2 Å². The number of carbonyl (C=O) groups excluding carboxylic acids is 1. The van der Waals surface area contributed by atoms with E-state index >= 15 is 0 Å². The largest absolute Gasteiger partial charge is 0.349 e. The van der Waals surface area contributed by atoms with Crippen molar-refractivity contribution in [1.29, 1.82) is 0 Å². The molecule has 4 heteroatoms. The molecule has 1 N–H and O–H groups in total. The maximum Gasteiger partial charge on any atom is 0.252 e.